The van der Waals surface area contributed by atoms with Crippen molar-refractivity contribution in [2.24, 2.45) is 0 Å². The predicted molar refractivity (Wildman–Crippen MR) is 288 cm³/mol. The molecule has 370 valence electrons. The topological polar surface area (TPSA) is 108 Å². The van der Waals surface area contributed by atoms with Crippen LogP contribution >= 0.6 is 39.0 Å². The second kappa shape index (κ2) is 23.6. The van der Waals surface area contributed by atoms with Crippen molar-refractivity contribution < 1.29 is 47.5 Å². The van der Waals surface area contributed by atoms with E-state index in [9.17, 15) is 9.59 Å². The average molecular weight is 1030 g/mol. The molecule has 0 aliphatic heterocycles. The molecule has 0 saturated heterocycles. The van der Waals surface area contributed by atoms with Crippen molar-refractivity contribution in [1.29, 1.82) is 0 Å². The van der Waals surface area contributed by atoms with Crippen LogP contribution in [0, 0.1) is 55.4 Å². The van der Waals surface area contributed by atoms with Crippen LogP contribution in [0.25, 0.3) is 11.1 Å². The van der Waals surface area contributed by atoms with Crippen molar-refractivity contribution in [3.8, 4) is 45.6 Å². The largest absolute Gasteiger partial charge is 0.496 e. The van der Waals surface area contributed by atoms with E-state index in [1.54, 1.807) is 54.4 Å². The third-order valence-corrected chi connectivity index (χ3v) is 17.2. The van der Waals surface area contributed by atoms with Gasteiger partial charge in [0.2, 0.25) is 0 Å². The number of hydrogen-bond acceptors (Lipinski definition) is 10. The molecule has 70 heavy (non-hydrogen) atoms. The summed E-state index contributed by atoms with van der Waals surface area (Å²) in [5.41, 5.74) is 8.61. The lowest BCUT2D eigenvalue weighted by molar-refractivity contribution is -0.146. The van der Waals surface area contributed by atoms with Crippen LogP contribution in [0.1, 0.15) is 58.4 Å². The molecular formula is C56H62Cl2O10P2. The van der Waals surface area contributed by atoms with E-state index in [-0.39, 0.29) is 34.8 Å². The number of rotatable bonds is 19. The molecule has 6 aromatic carbocycles. The van der Waals surface area contributed by atoms with Crippen LogP contribution in [-0.2, 0) is 19.1 Å². The number of carbonyl (C=O) groups excluding carboxylic acids is 2. The third-order valence-electron chi connectivity index (χ3n) is 11.8. The maximum atomic E-state index is 13.3. The lowest BCUT2D eigenvalue weighted by atomic mass is 10.0. The van der Waals surface area contributed by atoms with E-state index in [1.165, 1.54) is 0 Å². The van der Waals surface area contributed by atoms with E-state index in [2.05, 4.69) is 48.5 Å². The van der Waals surface area contributed by atoms with E-state index in [0.29, 0.717) is 11.1 Å². The molecule has 10 nitrogen and oxygen atoms in total. The quantitative estimate of drug-likeness (QED) is 0.0575. The molecule has 0 N–H and O–H groups in total. The van der Waals surface area contributed by atoms with Gasteiger partial charge in [-0.15, -0.1) is 0 Å². The van der Waals surface area contributed by atoms with Gasteiger partial charge in [-0.3, -0.25) is 0 Å². The summed E-state index contributed by atoms with van der Waals surface area (Å²) in [6.07, 6.45) is 0. The molecule has 6 rings (SSSR count). The van der Waals surface area contributed by atoms with Gasteiger partial charge >= 0.3 is 11.9 Å². The van der Waals surface area contributed by atoms with E-state index in [4.69, 9.17) is 61.1 Å². The van der Waals surface area contributed by atoms with Crippen molar-refractivity contribution in [2.75, 3.05) is 54.9 Å². The minimum absolute atomic E-state index is 0.149. The molecule has 0 radical (unpaired) electrons. The highest BCUT2D eigenvalue weighted by Crippen LogP contribution is 2.52. The Morgan fingerprint density at radius 3 is 0.871 bits per heavy atom. The third kappa shape index (κ3) is 11.3. The highest BCUT2D eigenvalue weighted by Gasteiger charge is 2.34. The fourth-order valence-corrected chi connectivity index (χ4v) is 15.3. The van der Waals surface area contributed by atoms with Crippen LogP contribution in [-0.4, -0.2) is 66.8 Å². The first-order valence-corrected chi connectivity index (χ1v) is 26.3. The summed E-state index contributed by atoms with van der Waals surface area (Å²) in [7, 11) is 3.58. The molecule has 0 saturated carbocycles. The Balaban J connectivity index is 1.89. The molecule has 0 aliphatic rings. The summed E-state index contributed by atoms with van der Waals surface area (Å²) < 4.78 is 47.7. The number of methoxy groups -OCH3 is 4. The Morgan fingerprint density at radius 1 is 0.414 bits per heavy atom. The van der Waals surface area contributed by atoms with Gasteiger partial charge < -0.3 is 37.9 Å². The lowest BCUT2D eigenvalue weighted by Crippen LogP contribution is -2.28. The van der Waals surface area contributed by atoms with Crippen molar-refractivity contribution in [3.63, 3.8) is 0 Å². The van der Waals surface area contributed by atoms with E-state index >= 15 is 0 Å². The van der Waals surface area contributed by atoms with Crippen LogP contribution in [0.2, 0.25) is 10.0 Å². The van der Waals surface area contributed by atoms with Crippen LogP contribution in [0.5, 0.6) is 34.5 Å². The Kier molecular flexibility index (Phi) is 18.2. The fourth-order valence-electron chi connectivity index (χ4n) is 9.27. The Hall–Kier alpha value is -5.50. The molecule has 0 atom stereocenters. The molecule has 6 aromatic rings. The summed E-state index contributed by atoms with van der Waals surface area (Å²) in [5.74, 6) is 2.36. The summed E-state index contributed by atoms with van der Waals surface area (Å²) in [6.45, 7) is 19.1. The molecule has 0 fully saturated rings. The lowest BCUT2D eigenvalue weighted by Gasteiger charge is -2.31. The number of halogens is 2. The fraction of sp³-hybridized carbons (Fsp3) is 0.321. The second-order valence-electron chi connectivity index (χ2n) is 16.9. The van der Waals surface area contributed by atoms with Crippen LogP contribution in [0.3, 0.4) is 0 Å². The molecule has 0 amide bonds. The SMILES string of the molecule is CCOC(=O)COc1c(Cl)ccc(P(c2cc(C)c(OC)c(C)c2)c2cc(C)c(OC)c(C)c2)c1-c1c(P(c2cc(C)c(OC)c(C)c2)c2cc(C)c(OC)c(C)c2)ccc(Cl)c1OCC(=O)OCC. The summed E-state index contributed by atoms with van der Waals surface area (Å²) in [5, 5.41) is 6.04. The smallest absolute Gasteiger partial charge is 0.344 e. The minimum Gasteiger partial charge on any atom is -0.496 e. The van der Waals surface area contributed by atoms with Gasteiger partial charge in [-0.1, -0.05) is 35.3 Å². The van der Waals surface area contributed by atoms with Crippen molar-refractivity contribution in [2.45, 2.75) is 69.2 Å². The summed E-state index contributed by atoms with van der Waals surface area (Å²) in [4.78, 5) is 26.6. The maximum Gasteiger partial charge on any atom is 0.344 e. The molecule has 0 unspecified atom stereocenters. The number of esters is 2. The van der Waals surface area contributed by atoms with E-state index in [1.807, 2.05) is 67.5 Å². The number of ether oxygens (including phenoxy) is 8. The highest BCUT2D eigenvalue weighted by molar-refractivity contribution is 7.80. The zero-order valence-electron chi connectivity index (χ0n) is 42.5. The standard InChI is InChI=1S/C56H62Cl2O10P2/c1-15-65-47(59)29-67-55-43(57)17-19-45(69(39-21-31(3)51(61-11)32(4)22-39)40-23-33(5)52(62-12)34(6)24-40)49(55)50-46(20-18-44(58)56(50)68-30-48(60)66-16-2)70(41-25-35(7)53(63-13)36(8)26-41)42-27-37(9)54(64-14)38(10)28-42/h17-28H,15-16,29-30H2,1-14H3. The number of benzene rings is 6. The molecular weight excluding hydrogens is 965 g/mol. The second-order valence-corrected chi connectivity index (χ2v) is 22.0. The molecule has 0 aromatic heterocycles. The Morgan fingerprint density at radius 2 is 0.657 bits per heavy atom. The molecule has 14 heteroatoms. The average Bonchev–Trinajstić information content (AvgIpc) is 3.29. The first kappa shape index (κ1) is 53.8. The zero-order valence-corrected chi connectivity index (χ0v) is 45.8. The molecule has 0 aliphatic carbocycles. The van der Waals surface area contributed by atoms with E-state index in [0.717, 1.165) is 99.3 Å². The predicted octanol–water partition coefficient (Wildman–Crippen LogP) is 10.6. The Labute approximate surface area is 425 Å². The Bertz CT molecular complexity index is 2530. The molecule has 0 spiro atoms. The first-order valence-electron chi connectivity index (χ1n) is 22.9. The van der Waals surface area contributed by atoms with Crippen molar-refractivity contribution in [3.05, 3.63) is 127 Å². The van der Waals surface area contributed by atoms with Crippen LogP contribution in [0.15, 0.2) is 72.8 Å². The maximum absolute atomic E-state index is 13.3. The van der Waals surface area contributed by atoms with Gasteiger partial charge in [0.05, 0.1) is 51.7 Å². The summed E-state index contributed by atoms with van der Waals surface area (Å²) in [6, 6.07) is 24.8. The number of carbonyl (C=O) groups is 2. The van der Waals surface area contributed by atoms with Crippen molar-refractivity contribution >= 4 is 82.8 Å². The van der Waals surface area contributed by atoms with Gasteiger partial charge in [-0.2, -0.15) is 0 Å². The molecule has 0 heterocycles. The van der Waals surface area contributed by atoms with Gasteiger partial charge in [-0.05, 0) is 222 Å². The van der Waals surface area contributed by atoms with Crippen LogP contribution < -0.4 is 60.2 Å². The zero-order chi connectivity index (χ0) is 51.1. The normalized spacial score (nSPS) is 11.2. The number of hydrogen-bond donors (Lipinski definition) is 0. The monoisotopic (exact) mass is 1030 g/mol. The summed E-state index contributed by atoms with van der Waals surface area (Å²) >= 11 is 14.8. The first-order chi connectivity index (χ1) is 33.4. The van der Waals surface area contributed by atoms with Gasteiger partial charge in [0.15, 0.2) is 13.2 Å². The van der Waals surface area contributed by atoms with Crippen molar-refractivity contribution in [1.82, 2.24) is 0 Å². The molecule has 0 bridgehead atoms. The van der Waals surface area contributed by atoms with Crippen LogP contribution in [0.4, 0.5) is 0 Å². The van der Waals surface area contributed by atoms with E-state index < -0.39 is 41.0 Å². The minimum atomic E-state index is -1.56. The van der Waals surface area contributed by atoms with Gasteiger partial charge in [0.1, 0.15) is 34.5 Å². The van der Waals surface area contributed by atoms with Gasteiger partial charge in [-0.25, -0.2) is 9.59 Å². The number of aryl methyl sites for hydroxylation is 8. The van der Waals surface area contributed by atoms with Gasteiger partial charge in [0.25, 0.3) is 0 Å². The van der Waals surface area contributed by atoms with Gasteiger partial charge in [0, 0.05) is 11.1 Å². The highest BCUT2D eigenvalue weighted by atomic mass is 35.5.